The van der Waals surface area contributed by atoms with Crippen LogP contribution in [-0.4, -0.2) is 22.0 Å². The van der Waals surface area contributed by atoms with Gasteiger partial charge in [-0.05, 0) is 54.6 Å². The summed E-state index contributed by atoms with van der Waals surface area (Å²) in [4.78, 5) is 28.2. The molecule has 0 unspecified atom stereocenters. The molecule has 11 heteroatoms. The third-order valence-corrected chi connectivity index (χ3v) is 5.86. The summed E-state index contributed by atoms with van der Waals surface area (Å²) in [5, 5.41) is 16.3. The zero-order valence-electron chi connectivity index (χ0n) is 18.3. The minimum absolute atomic E-state index is 0.0628. The second-order valence-corrected chi connectivity index (χ2v) is 8.36. The van der Waals surface area contributed by atoms with Gasteiger partial charge in [-0.3, -0.25) is 14.9 Å². The maximum atomic E-state index is 13.7. The van der Waals surface area contributed by atoms with Gasteiger partial charge in [0.05, 0.1) is 22.5 Å². The van der Waals surface area contributed by atoms with Crippen molar-refractivity contribution >= 4 is 44.7 Å². The van der Waals surface area contributed by atoms with E-state index in [0.717, 1.165) is 16.3 Å². The molecule has 0 N–H and O–H groups in total. The molecule has 178 valence electrons. The van der Waals surface area contributed by atoms with Crippen molar-refractivity contribution in [1.29, 1.82) is 0 Å². The molecule has 0 spiro atoms. The fourth-order valence-corrected chi connectivity index (χ4v) is 4.18. The van der Waals surface area contributed by atoms with Gasteiger partial charge in [0, 0.05) is 5.56 Å². The highest BCUT2D eigenvalue weighted by molar-refractivity contribution is 7.22. The van der Waals surface area contributed by atoms with Gasteiger partial charge in [0.15, 0.2) is 5.76 Å². The minimum atomic E-state index is -0.680. The number of fused-ring (bicyclic) bond motifs is 1. The molecule has 3 aromatic carbocycles. The van der Waals surface area contributed by atoms with Gasteiger partial charge in [-0.1, -0.05) is 35.6 Å². The normalized spacial score (nSPS) is 11.1. The lowest BCUT2D eigenvalue weighted by atomic mass is 10.2. The summed E-state index contributed by atoms with van der Waals surface area (Å²) in [5.41, 5.74) is 0.732. The van der Waals surface area contributed by atoms with Crippen LogP contribution in [0, 0.1) is 15.9 Å². The zero-order valence-corrected chi connectivity index (χ0v) is 19.1. The van der Waals surface area contributed by atoms with E-state index in [9.17, 15) is 19.3 Å². The number of ether oxygens (including phenoxy) is 1. The molecule has 36 heavy (non-hydrogen) atoms. The number of amides is 1. The van der Waals surface area contributed by atoms with E-state index in [1.54, 1.807) is 36.4 Å². The Bertz CT molecular complexity index is 1600. The van der Waals surface area contributed by atoms with Gasteiger partial charge in [-0.2, -0.15) is 10.1 Å². The number of anilines is 1. The highest BCUT2D eigenvalue weighted by Gasteiger charge is 2.22. The Morgan fingerprint density at radius 1 is 1.06 bits per heavy atom. The standard InChI is InChI=1S/C25H15FN4O5S/c26-17-9-11-21-22(14-17)36-25(28-21)29(27-15-20-10-12-23(35-20)30(32)33)24(31)16-5-4-8-19(13-16)34-18-6-2-1-3-7-18/h1-15H/b27-15+. The first-order valence-corrected chi connectivity index (χ1v) is 11.3. The maximum Gasteiger partial charge on any atom is 0.433 e. The van der Waals surface area contributed by atoms with Crippen LogP contribution in [0.25, 0.3) is 10.2 Å². The number of hydrogen-bond donors (Lipinski definition) is 0. The van der Waals surface area contributed by atoms with Gasteiger partial charge >= 0.3 is 5.88 Å². The predicted octanol–water partition coefficient (Wildman–Crippen LogP) is 6.41. The summed E-state index contributed by atoms with van der Waals surface area (Å²) in [7, 11) is 0. The lowest BCUT2D eigenvalue weighted by molar-refractivity contribution is -0.402. The molecular weight excluding hydrogens is 487 g/mol. The Kier molecular flexibility index (Phi) is 6.20. The molecule has 0 aliphatic carbocycles. The number of carbonyl (C=O) groups excluding carboxylic acids is 1. The highest BCUT2D eigenvalue weighted by Crippen LogP contribution is 2.31. The van der Waals surface area contributed by atoms with Crippen molar-refractivity contribution in [3.8, 4) is 11.5 Å². The van der Waals surface area contributed by atoms with Crippen molar-refractivity contribution < 1.29 is 23.3 Å². The molecule has 0 bridgehead atoms. The lowest BCUT2D eigenvalue weighted by Gasteiger charge is -2.14. The van der Waals surface area contributed by atoms with Crippen LogP contribution in [0.2, 0.25) is 0 Å². The number of furan rings is 1. The molecule has 0 atom stereocenters. The van der Waals surface area contributed by atoms with Crippen LogP contribution in [0.15, 0.2) is 94.4 Å². The van der Waals surface area contributed by atoms with Gasteiger partial charge < -0.3 is 9.15 Å². The van der Waals surface area contributed by atoms with Crippen LogP contribution in [-0.2, 0) is 0 Å². The first-order valence-electron chi connectivity index (χ1n) is 10.5. The van der Waals surface area contributed by atoms with E-state index in [2.05, 4.69) is 10.1 Å². The molecule has 5 rings (SSSR count). The summed E-state index contributed by atoms with van der Waals surface area (Å²) >= 11 is 1.06. The third kappa shape index (κ3) is 4.95. The number of benzene rings is 3. The number of hydrazone groups is 1. The largest absolute Gasteiger partial charge is 0.457 e. The molecule has 0 aliphatic rings. The van der Waals surface area contributed by atoms with Crippen LogP contribution in [0.5, 0.6) is 11.5 Å². The maximum absolute atomic E-state index is 13.7. The van der Waals surface area contributed by atoms with Crippen LogP contribution in [0.3, 0.4) is 0 Å². The van der Waals surface area contributed by atoms with Crippen LogP contribution >= 0.6 is 11.3 Å². The van der Waals surface area contributed by atoms with Crippen molar-refractivity contribution in [2.45, 2.75) is 0 Å². The van der Waals surface area contributed by atoms with E-state index >= 15 is 0 Å². The van der Waals surface area contributed by atoms with Crippen molar-refractivity contribution in [2.75, 3.05) is 5.01 Å². The Labute approximate surface area is 206 Å². The van der Waals surface area contributed by atoms with Crippen LogP contribution in [0.1, 0.15) is 16.1 Å². The molecule has 5 aromatic rings. The molecule has 2 aromatic heterocycles. The van der Waals surface area contributed by atoms with Crippen LogP contribution in [0.4, 0.5) is 15.4 Å². The second kappa shape index (κ2) is 9.76. The van der Waals surface area contributed by atoms with Gasteiger partial charge in [-0.25, -0.2) is 9.37 Å². The van der Waals surface area contributed by atoms with Gasteiger partial charge in [-0.15, -0.1) is 0 Å². The number of para-hydroxylation sites is 1. The van der Waals surface area contributed by atoms with E-state index in [0.29, 0.717) is 21.7 Å². The number of carbonyl (C=O) groups is 1. The first-order chi connectivity index (χ1) is 17.5. The van der Waals surface area contributed by atoms with E-state index in [1.807, 2.05) is 18.2 Å². The Morgan fingerprint density at radius 2 is 1.86 bits per heavy atom. The minimum Gasteiger partial charge on any atom is -0.457 e. The van der Waals surface area contributed by atoms with Gasteiger partial charge in [0.25, 0.3) is 5.91 Å². The van der Waals surface area contributed by atoms with E-state index in [1.165, 1.54) is 36.5 Å². The molecule has 0 saturated carbocycles. The summed E-state index contributed by atoms with van der Waals surface area (Å²) < 4.78 is 25.2. The van der Waals surface area contributed by atoms with Crippen molar-refractivity contribution in [3.05, 3.63) is 112 Å². The smallest absolute Gasteiger partial charge is 0.433 e. The number of hydrogen-bond acceptors (Lipinski definition) is 8. The summed E-state index contributed by atoms with van der Waals surface area (Å²) in [6.07, 6.45) is 1.17. The quantitative estimate of drug-likeness (QED) is 0.144. The Morgan fingerprint density at radius 3 is 2.64 bits per heavy atom. The number of nitrogens with zero attached hydrogens (tertiary/aromatic N) is 4. The van der Waals surface area contributed by atoms with Crippen molar-refractivity contribution in [2.24, 2.45) is 5.10 Å². The Balaban J connectivity index is 1.50. The molecule has 9 nitrogen and oxygen atoms in total. The van der Waals surface area contributed by atoms with E-state index in [-0.39, 0.29) is 16.5 Å². The summed E-state index contributed by atoms with van der Waals surface area (Å²) in [6, 6.07) is 22.2. The van der Waals surface area contributed by atoms with Crippen molar-refractivity contribution in [1.82, 2.24) is 4.98 Å². The fraction of sp³-hybridized carbons (Fsp3) is 0. The number of aromatic nitrogens is 1. The number of rotatable bonds is 7. The second-order valence-electron chi connectivity index (χ2n) is 7.35. The molecule has 0 saturated heterocycles. The first kappa shape index (κ1) is 22.9. The fourth-order valence-electron chi connectivity index (χ4n) is 3.23. The monoisotopic (exact) mass is 502 g/mol. The topological polar surface area (TPSA) is 111 Å². The third-order valence-electron chi connectivity index (χ3n) is 4.87. The highest BCUT2D eigenvalue weighted by atomic mass is 32.1. The molecule has 1 amide bonds. The number of nitro groups is 1. The molecule has 2 heterocycles. The zero-order chi connectivity index (χ0) is 25.1. The summed E-state index contributed by atoms with van der Waals surface area (Å²) in [5.74, 6) is -0.352. The van der Waals surface area contributed by atoms with Gasteiger partial charge in [0.2, 0.25) is 5.13 Å². The summed E-state index contributed by atoms with van der Waals surface area (Å²) in [6.45, 7) is 0. The Hall–Kier alpha value is -4.90. The SMILES string of the molecule is O=C(c1cccc(Oc2ccccc2)c1)N(/N=C/c1ccc([N+](=O)[O-])o1)c1nc2ccc(F)cc2s1. The molecular formula is C25H15FN4O5S. The molecule has 0 radical (unpaired) electrons. The average Bonchev–Trinajstić information content (AvgIpc) is 3.52. The lowest BCUT2D eigenvalue weighted by Crippen LogP contribution is -2.25. The number of thiazole rings is 1. The average molecular weight is 502 g/mol. The molecule has 0 fully saturated rings. The van der Waals surface area contributed by atoms with E-state index in [4.69, 9.17) is 9.15 Å². The van der Waals surface area contributed by atoms with Crippen LogP contribution < -0.4 is 9.75 Å². The number of halogens is 1. The molecule has 0 aliphatic heterocycles. The van der Waals surface area contributed by atoms with Gasteiger partial charge in [0.1, 0.15) is 22.2 Å². The van der Waals surface area contributed by atoms with E-state index < -0.39 is 22.5 Å². The van der Waals surface area contributed by atoms with Crippen molar-refractivity contribution in [3.63, 3.8) is 0 Å². The predicted molar refractivity (Wildman–Crippen MR) is 132 cm³/mol.